The summed E-state index contributed by atoms with van der Waals surface area (Å²) in [5, 5.41) is 11.7. The van der Waals surface area contributed by atoms with E-state index in [9.17, 15) is 21.6 Å². The van der Waals surface area contributed by atoms with Gasteiger partial charge in [-0.2, -0.15) is 17.9 Å². The lowest BCUT2D eigenvalue weighted by Gasteiger charge is -2.11. The SMILES string of the molecule is CSc1nnnn1-c1cccc(NS(=O)(=O)c2ccc(C(F)(F)F)cc2)c1. The Bertz CT molecular complexity index is 1050. The third kappa shape index (κ3) is 4.22. The van der Waals surface area contributed by atoms with Crippen LogP contribution >= 0.6 is 11.8 Å². The first-order chi connectivity index (χ1) is 12.7. The second kappa shape index (κ2) is 7.19. The first kappa shape index (κ1) is 19.2. The van der Waals surface area contributed by atoms with Gasteiger partial charge in [-0.05, 0) is 59.1 Å². The summed E-state index contributed by atoms with van der Waals surface area (Å²) in [4.78, 5) is -0.284. The maximum Gasteiger partial charge on any atom is 0.416 e. The van der Waals surface area contributed by atoms with E-state index in [1.165, 1.54) is 28.6 Å². The summed E-state index contributed by atoms with van der Waals surface area (Å²) in [6.45, 7) is 0. The van der Waals surface area contributed by atoms with Crippen molar-refractivity contribution >= 4 is 27.5 Å². The van der Waals surface area contributed by atoms with Gasteiger partial charge in [-0.1, -0.05) is 17.8 Å². The Labute approximate surface area is 156 Å². The van der Waals surface area contributed by atoms with Crippen molar-refractivity contribution in [2.45, 2.75) is 16.2 Å². The molecule has 0 amide bonds. The van der Waals surface area contributed by atoms with Crippen LogP contribution in [0.3, 0.4) is 0 Å². The minimum Gasteiger partial charge on any atom is -0.280 e. The Balaban J connectivity index is 1.87. The van der Waals surface area contributed by atoms with Crippen LogP contribution in [0.1, 0.15) is 5.56 Å². The van der Waals surface area contributed by atoms with Gasteiger partial charge in [0.25, 0.3) is 10.0 Å². The lowest BCUT2D eigenvalue weighted by Crippen LogP contribution is -2.14. The predicted molar refractivity (Wildman–Crippen MR) is 93.2 cm³/mol. The van der Waals surface area contributed by atoms with Crippen LogP contribution in [0.4, 0.5) is 18.9 Å². The minimum atomic E-state index is -4.54. The summed E-state index contributed by atoms with van der Waals surface area (Å²) in [5.41, 5.74) is -0.182. The number of anilines is 1. The Morgan fingerprint density at radius 1 is 1.11 bits per heavy atom. The number of sulfonamides is 1. The number of rotatable bonds is 5. The van der Waals surface area contributed by atoms with E-state index in [-0.39, 0.29) is 10.6 Å². The summed E-state index contributed by atoms with van der Waals surface area (Å²) in [5.74, 6) is 0. The van der Waals surface area contributed by atoms with Crippen LogP contribution in [0.2, 0.25) is 0 Å². The molecule has 0 spiro atoms. The fourth-order valence-corrected chi connectivity index (χ4v) is 3.69. The van der Waals surface area contributed by atoms with Gasteiger partial charge in [-0.15, -0.1) is 5.10 Å². The molecule has 0 atom stereocenters. The molecule has 0 aliphatic rings. The molecule has 2 aromatic carbocycles. The number of aromatic nitrogens is 4. The third-order valence-electron chi connectivity index (χ3n) is 3.46. The van der Waals surface area contributed by atoms with Crippen LogP contribution in [-0.4, -0.2) is 34.9 Å². The van der Waals surface area contributed by atoms with E-state index >= 15 is 0 Å². The Hall–Kier alpha value is -2.60. The first-order valence-electron chi connectivity index (χ1n) is 7.33. The topological polar surface area (TPSA) is 89.8 Å². The molecule has 27 heavy (non-hydrogen) atoms. The van der Waals surface area contributed by atoms with Gasteiger partial charge in [-0.25, -0.2) is 8.42 Å². The zero-order valence-corrected chi connectivity index (χ0v) is 15.3. The summed E-state index contributed by atoms with van der Waals surface area (Å²) in [6, 6.07) is 9.56. The zero-order valence-electron chi connectivity index (χ0n) is 13.7. The smallest absolute Gasteiger partial charge is 0.280 e. The first-order valence-corrected chi connectivity index (χ1v) is 10.0. The number of nitrogens with zero attached hydrogens (tertiary/aromatic N) is 4. The number of benzene rings is 2. The van der Waals surface area contributed by atoms with Crippen LogP contribution in [0, 0.1) is 0 Å². The van der Waals surface area contributed by atoms with Crippen LogP contribution < -0.4 is 4.72 Å². The number of nitrogens with one attached hydrogen (secondary N) is 1. The van der Waals surface area contributed by atoms with E-state index in [4.69, 9.17) is 0 Å². The van der Waals surface area contributed by atoms with Crippen molar-refractivity contribution in [3.05, 3.63) is 54.1 Å². The van der Waals surface area contributed by atoms with E-state index in [0.29, 0.717) is 10.8 Å². The van der Waals surface area contributed by atoms with Crippen LogP contribution in [0.25, 0.3) is 5.69 Å². The van der Waals surface area contributed by atoms with Gasteiger partial charge >= 0.3 is 6.18 Å². The molecule has 7 nitrogen and oxygen atoms in total. The molecule has 142 valence electrons. The summed E-state index contributed by atoms with van der Waals surface area (Å²) < 4.78 is 66.5. The molecule has 0 saturated carbocycles. The fraction of sp³-hybridized carbons (Fsp3) is 0.133. The molecule has 12 heteroatoms. The molecule has 0 fully saturated rings. The Morgan fingerprint density at radius 3 is 2.44 bits per heavy atom. The number of tetrazole rings is 1. The van der Waals surface area contributed by atoms with E-state index < -0.39 is 21.8 Å². The van der Waals surface area contributed by atoms with Crippen molar-refractivity contribution in [2.24, 2.45) is 0 Å². The van der Waals surface area contributed by atoms with Crippen LogP contribution in [0.5, 0.6) is 0 Å². The molecular weight excluding hydrogens is 403 g/mol. The largest absolute Gasteiger partial charge is 0.416 e. The molecule has 1 aromatic heterocycles. The second-order valence-electron chi connectivity index (χ2n) is 5.26. The van der Waals surface area contributed by atoms with Crippen molar-refractivity contribution in [1.82, 2.24) is 20.2 Å². The molecule has 0 saturated heterocycles. The highest BCUT2D eigenvalue weighted by molar-refractivity contribution is 7.98. The van der Waals surface area contributed by atoms with Gasteiger partial charge < -0.3 is 0 Å². The van der Waals surface area contributed by atoms with Crippen LogP contribution in [0.15, 0.2) is 58.6 Å². The average molecular weight is 415 g/mol. The number of hydrogen-bond acceptors (Lipinski definition) is 6. The van der Waals surface area contributed by atoms with E-state index in [1.54, 1.807) is 18.4 Å². The molecule has 0 bridgehead atoms. The lowest BCUT2D eigenvalue weighted by molar-refractivity contribution is -0.137. The molecular formula is C15H12F3N5O2S2. The fourth-order valence-electron chi connectivity index (χ4n) is 2.21. The highest BCUT2D eigenvalue weighted by Crippen LogP contribution is 2.30. The highest BCUT2D eigenvalue weighted by Gasteiger charge is 2.30. The van der Waals surface area contributed by atoms with Crippen molar-refractivity contribution in [3.8, 4) is 5.69 Å². The molecule has 0 unspecified atom stereocenters. The summed E-state index contributed by atoms with van der Waals surface area (Å²) in [6.07, 6.45) is -2.75. The normalized spacial score (nSPS) is 12.1. The second-order valence-corrected chi connectivity index (χ2v) is 7.71. The summed E-state index contributed by atoms with van der Waals surface area (Å²) >= 11 is 1.31. The number of alkyl halides is 3. The molecule has 1 N–H and O–H groups in total. The summed E-state index contributed by atoms with van der Waals surface area (Å²) in [7, 11) is -4.06. The quantitative estimate of drug-likeness (QED) is 0.644. The van der Waals surface area contributed by atoms with Crippen molar-refractivity contribution in [2.75, 3.05) is 11.0 Å². The van der Waals surface area contributed by atoms with Gasteiger partial charge in [-0.3, -0.25) is 4.72 Å². The lowest BCUT2D eigenvalue weighted by atomic mass is 10.2. The van der Waals surface area contributed by atoms with Gasteiger partial charge in [0.2, 0.25) is 5.16 Å². The monoisotopic (exact) mass is 415 g/mol. The zero-order chi connectivity index (χ0) is 19.7. The molecule has 3 rings (SSSR count). The maximum atomic E-state index is 12.6. The molecule has 3 aromatic rings. The standard InChI is InChI=1S/C15H12F3N5O2S2/c1-26-14-19-21-22-23(14)12-4-2-3-11(9-12)20-27(24,25)13-7-5-10(6-8-13)15(16,17)18/h2-9,20H,1H3. The van der Waals surface area contributed by atoms with Crippen molar-refractivity contribution in [1.29, 1.82) is 0 Å². The van der Waals surface area contributed by atoms with Crippen molar-refractivity contribution < 1.29 is 21.6 Å². The molecule has 1 heterocycles. The van der Waals surface area contributed by atoms with Gasteiger partial charge in [0.05, 0.1) is 21.8 Å². The van der Waals surface area contributed by atoms with Gasteiger partial charge in [0.1, 0.15) is 0 Å². The number of halogens is 3. The Morgan fingerprint density at radius 2 is 1.81 bits per heavy atom. The molecule has 0 radical (unpaired) electrons. The minimum absolute atomic E-state index is 0.218. The number of hydrogen-bond donors (Lipinski definition) is 1. The van der Waals surface area contributed by atoms with Gasteiger partial charge in [0, 0.05) is 0 Å². The van der Waals surface area contributed by atoms with Crippen molar-refractivity contribution in [3.63, 3.8) is 0 Å². The van der Waals surface area contributed by atoms with E-state index in [2.05, 4.69) is 20.2 Å². The molecule has 0 aliphatic carbocycles. The van der Waals surface area contributed by atoms with E-state index in [0.717, 1.165) is 24.3 Å². The average Bonchev–Trinajstić information content (AvgIpc) is 3.10. The highest BCUT2D eigenvalue weighted by atomic mass is 32.2. The third-order valence-corrected chi connectivity index (χ3v) is 5.48. The molecule has 0 aliphatic heterocycles. The van der Waals surface area contributed by atoms with Gasteiger partial charge in [0.15, 0.2) is 0 Å². The van der Waals surface area contributed by atoms with E-state index in [1.807, 2.05) is 0 Å². The predicted octanol–water partition coefficient (Wildman–Crippen LogP) is 3.20. The van der Waals surface area contributed by atoms with Crippen LogP contribution in [-0.2, 0) is 16.2 Å². The number of thioether (sulfide) groups is 1. The Kier molecular flexibility index (Phi) is 5.11. The maximum absolute atomic E-state index is 12.6.